The van der Waals surface area contributed by atoms with Gasteiger partial charge in [-0.2, -0.15) is 0 Å². The summed E-state index contributed by atoms with van der Waals surface area (Å²) in [5.74, 6) is -1.03. The summed E-state index contributed by atoms with van der Waals surface area (Å²) >= 11 is 0. The number of nitrogens with one attached hydrogen (secondary N) is 2. The second-order valence-corrected chi connectivity index (χ2v) is 10.4. The Morgan fingerprint density at radius 3 is 2.45 bits per heavy atom. The number of ether oxygens (including phenoxy) is 1. The summed E-state index contributed by atoms with van der Waals surface area (Å²) < 4.78 is 19.0. The van der Waals surface area contributed by atoms with Crippen molar-refractivity contribution in [1.82, 2.24) is 4.90 Å². The third-order valence-electron chi connectivity index (χ3n) is 7.01. The monoisotopic (exact) mass is 572 g/mol. The van der Waals surface area contributed by atoms with E-state index >= 15 is 0 Å². The highest BCUT2D eigenvalue weighted by Gasteiger charge is 2.29. The zero-order chi connectivity index (χ0) is 30.2. The zero-order valence-corrected chi connectivity index (χ0v) is 24.5. The van der Waals surface area contributed by atoms with E-state index in [1.807, 2.05) is 62.6 Å². The quantitative estimate of drug-likeness (QED) is 0.218. The number of esters is 1. The van der Waals surface area contributed by atoms with Crippen LogP contribution >= 0.6 is 0 Å². The number of hydrogen-bond donors (Lipinski definition) is 2. The van der Waals surface area contributed by atoms with E-state index in [1.165, 1.54) is 12.1 Å². The molecule has 1 aliphatic heterocycles. The molecule has 0 atom stereocenters. The summed E-state index contributed by atoms with van der Waals surface area (Å²) in [6, 6.07) is 19.2. The molecule has 3 aromatic rings. The number of halogens is 1. The predicted molar refractivity (Wildman–Crippen MR) is 165 cm³/mol. The number of carbonyl (C=O) groups is 3. The second kappa shape index (κ2) is 13.9. The first-order chi connectivity index (χ1) is 20.2. The van der Waals surface area contributed by atoms with Crippen LogP contribution in [-0.4, -0.2) is 57.0 Å². The molecule has 0 aromatic heterocycles. The molecule has 9 heteroatoms. The van der Waals surface area contributed by atoms with Gasteiger partial charge < -0.3 is 25.2 Å². The first-order valence-corrected chi connectivity index (χ1v) is 14.0. The Balaban J connectivity index is 1.64. The molecular weight excluding hydrogens is 535 g/mol. The third-order valence-corrected chi connectivity index (χ3v) is 7.01. The number of hydrogen-bond acceptors (Lipinski definition) is 6. The SMILES string of the molecule is CCOC(=O)CCc1cccc(/C(Nc2ccc(N(C)C(=O)CCCN(C)C)cc2)=C2/C(=O)Nc3cc(F)ccc32)c1. The fourth-order valence-electron chi connectivity index (χ4n) is 4.81. The highest BCUT2D eigenvalue weighted by molar-refractivity contribution is 6.37. The summed E-state index contributed by atoms with van der Waals surface area (Å²) in [6.07, 6.45) is 1.94. The van der Waals surface area contributed by atoms with E-state index in [1.54, 1.807) is 24.9 Å². The predicted octanol–water partition coefficient (Wildman–Crippen LogP) is 5.56. The largest absolute Gasteiger partial charge is 0.466 e. The number of aryl methyl sites for hydroxylation is 1. The Morgan fingerprint density at radius 1 is 0.976 bits per heavy atom. The van der Waals surface area contributed by atoms with Crippen molar-refractivity contribution in [2.24, 2.45) is 0 Å². The molecule has 0 spiro atoms. The molecule has 2 amide bonds. The number of anilines is 3. The van der Waals surface area contributed by atoms with Gasteiger partial charge >= 0.3 is 5.97 Å². The van der Waals surface area contributed by atoms with E-state index in [4.69, 9.17) is 4.74 Å². The van der Waals surface area contributed by atoms with Crippen LogP contribution in [0.2, 0.25) is 0 Å². The highest BCUT2D eigenvalue weighted by atomic mass is 19.1. The van der Waals surface area contributed by atoms with Gasteiger partial charge in [-0.3, -0.25) is 14.4 Å². The van der Waals surface area contributed by atoms with E-state index in [9.17, 15) is 18.8 Å². The minimum atomic E-state index is -0.443. The lowest BCUT2D eigenvalue weighted by Gasteiger charge is -2.20. The Bertz CT molecular complexity index is 1480. The molecule has 1 aliphatic rings. The number of rotatable bonds is 12. The molecule has 3 aromatic carbocycles. The van der Waals surface area contributed by atoms with Crippen LogP contribution in [0.25, 0.3) is 11.3 Å². The molecule has 4 rings (SSSR count). The van der Waals surface area contributed by atoms with Gasteiger partial charge in [0, 0.05) is 36.8 Å². The second-order valence-electron chi connectivity index (χ2n) is 10.4. The average Bonchev–Trinajstić information content (AvgIpc) is 3.29. The average molecular weight is 573 g/mol. The van der Waals surface area contributed by atoms with Crippen molar-refractivity contribution in [3.63, 3.8) is 0 Å². The van der Waals surface area contributed by atoms with Gasteiger partial charge in [-0.05, 0) is 100 Å². The van der Waals surface area contributed by atoms with Gasteiger partial charge in [-0.25, -0.2) is 4.39 Å². The fourth-order valence-corrected chi connectivity index (χ4v) is 4.81. The maximum atomic E-state index is 14.0. The number of amides is 2. The minimum absolute atomic E-state index is 0.0338. The van der Waals surface area contributed by atoms with Gasteiger partial charge in [0.1, 0.15) is 5.82 Å². The number of fused-ring (bicyclic) bond motifs is 1. The van der Waals surface area contributed by atoms with Crippen LogP contribution in [0.5, 0.6) is 0 Å². The smallest absolute Gasteiger partial charge is 0.306 e. The summed E-state index contributed by atoms with van der Waals surface area (Å²) in [5, 5.41) is 6.17. The highest BCUT2D eigenvalue weighted by Crippen LogP contribution is 2.38. The lowest BCUT2D eigenvalue weighted by atomic mass is 9.97. The Kier molecular flexibility index (Phi) is 10.1. The Labute approximate surface area is 246 Å². The van der Waals surface area contributed by atoms with E-state index in [-0.39, 0.29) is 24.2 Å². The van der Waals surface area contributed by atoms with Gasteiger partial charge in [0.2, 0.25) is 5.91 Å². The number of carbonyl (C=O) groups excluding carboxylic acids is 3. The van der Waals surface area contributed by atoms with Crippen molar-refractivity contribution in [2.45, 2.75) is 32.6 Å². The maximum absolute atomic E-state index is 14.0. The van der Waals surface area contributed by atoms with Gasteiger partial charge in [-0.15, -0.1) is 0 Å². The van der Waals surface area contributed by atoms with Gasteiger partial charge in [0.05, 0.1) is 23.6 Å². The number of benzene rings is 3. The van der Waals surface area contributed by atoms with Crippen molar-refractivity contribution in [3.8, 4) is 0 Å². The molecule has 0 aliphatic carbocycles. The first-order valence-electron chi connectivity index (χ1n) is 14.0. The Hall–Kier alpha value is -4.50. The van der Waals surface area contributed by atoms with Gasteiger partial charge in [-0.1, -0.05) is 18.2 Å². The zero-order valence-electron chi connectivity index (χ0n) is 24.5. The molecule has 1 heterocycles. The molecule has 0 saturated carbocycles. The van der Waals surface area contributed by atoms with Crippen molar-refractivity contribution >= 4 is 46.1 Å². The fraction of sp³-hybridized carbons (Fsp3) is 0.303. The van der Waals surface area contributed by atoms with Crippen LogP contribution < -0.4 is 15.5 Å². The van der Waals surface area contributed by atoms with Crippen molar-refractivity contribution in [2.75, 3.05) is 49.8 Å². The number of nitrogens with zero attached hydrogens (tertiary/aromatic N) is 2. The summed E-state index contributed by atoms with van der Waals surface area (Å²) in [6.45, 7) is 2.94. The van der Waals surface area contributed by atoms with E-state index in [0.29, 0.717) is 47.7 Å². The maximum Gasteiger partial charge on any atom is 0.306 e. The van der Waals surface area contributed by atoms with Crippen LogP contribution in [0.3, 0.4) is 0 Å². The molecular formula is C33H37FN4O4. The molecule has 0 saturated heterocycles. The van der Waals surface area contributed by atoms with Crippen LogP contribution in [-0.2, 0) is 25.5 Å². The third kappa shape index (κ3) is 7.61. The molecule has 0 radical (unpaired) electrons. The normalized spacial score (nSPS) is 13.4. The van der Waals surface area contributed by atoms with Crippen LogP contribution in [0.1, 0.15) is 42.9 Å². The molecule has 0 fully saturated rings. The van der Waals surface area contributed by atoms with Crippen LogP contribution in [0.4, 0.5) is 21.5 Å². The summed E-state index contributed by atoms with van der Waals surface area (Å²) in [4.78, 5) is 41.5. The van der Waals surface area contributed by atoms with Crippen LogP contribution in [0, 0.1) is 5.82 Å². The molecule has 2 N–H and O–H groups in total. The topological polar surface area (TPSA) is 91.0 Å². The molecule has 0 bridgehead atoms. The lowest BCUT2D eigenvalue weighted by molar-refractivity contribution is -0.143. The molecule has 220 valence electrons. The van der Waals surface area contributed by atoms with E-state index in [2.05, 4.69) is 15.5 Å². The van der Waals surface area contributed by atoms with Crippen molar-refractivity contribution < 1.29 is 23.5 Å². The van der Waals surface area contributed by atoms with Gasteiger partial charge in [0.25, 0.3) is 5.91 Å². The lowest BCUT2D eigenvalue weighted by Crippen LogP contribution is -2.27. The van der Waals surface area contributed by atoms with Gasteiger partial charge in [0.15, 0.2) is 0 Å². The standard InChI is InChI=1S/C33H37FN4O4/c1-5-42-30(40)18-11-22-8-6-9-23(20-22)32(31-27-17-12-24(34)21-28(27)36-33(31)41)35-25-13-15-26(16-14-25)38(4)29(39)10-7-19-37(2)3/h6,8-9,12-17,20-21,35H,5,7,10-11,18-19H2,1-4H3,(H,36,41)/b32-31-. The first kappa shape index (κ1) is 30.5. The van der Waals surface area contributed by atoms with E-state index in [0.717, 1.165) is 29.8 Å². The summed E-state index contributed by atoms with van der Waals surface area (Å²) in [5.41, 5.74) is 5.00. The van der Waals surface area contributed by atoms with Crippen molar-refractivity contribution in [1.29, 1.82) is 0 Å². The molecule has 42 heavy (non-hydrogen) atoms. The van der Waals surface area contributed by atoms with Crippen LogP contribution in [0.15, 0.2) is 66.7 Å². The minimum Gasteiger partial charge on any atom is -0.466 e. The molecule has 8 nitrogen and oxygen atoms in total. The van der Waals surface area contributed by atoms with E-state index < -0.39 is 5.82 Å². The summed E-state index contributed by atoms with van der Waals surface area (Å²) in [7, 11) is 5.72. The van der Waals surface area contributed by atoms with Crippen molar-refractivity contribution in [3.05, 3.63) is 89.2 Å². The Morgan fingerprint density at radius 2 is 1.74 bits per heavy atom. The molecule has 0 unspecified atom stereocenters.